The van der Waals surface area contributed by atoms with E-state index < -0.39 is 0 Å². The number of hydrogen-bond donors (Lipinski definition) is 1. The Hall–Kier alpha value is -1.14. The summed E-state index contributed by atoms with van der Waals surface area (Å²) in [6, 6.07) is 0.458. The van der Waals surface area contributed by atoms with Crippen molar-refractivity contribution >= 4 is 11.8 Å². The molecule has 0 radical (unpaired) electrons. The zero-order valence-corrected chi connectivity index (χ0v) is 14.7. The van der Waals surface area contributed by atoms with Crippen LogP contribution < -0.4 is 5.32 Å². The van der Waals surface area contributed by atoms with Crippen molar-refractivity contribution in [1.82, 2.24) is 15.1 Å². The third kappa shape index (κ3) is 4.44. The largest absolute Gasteiger partial charge is 0.385 e. The van der Waals surface area contributed by atoms with Crippen LogP contribution in [0.4, 0.5) is 0 Å². The number of amides is 2. The van der Waals surface area contributed by atoms with Gasteiger partial charge in [0.25, 0.3) is 0 Å². The Labute approximate surface area is 139 Å². The Morgan fingerprint density at radius 3 is 2.61 bits per heavy atom. The molecule has 0 aromatic rings. The first-order chi connectivity index (χ1) is 11.1. The van der Waals surface area contributed by atoms with Crippen molar-refractivity contribution in [2.24, 2.45) is 0 Å². The van der Waals surface area contributed by atoms with E-state index in [1.54, 1.807) is 14.0 Å². The predicted octanol–water partition coefficient (Wildman–Crippen LogP) is 1.00. The van der Waals surface area contributed by atoms with Crippen LogP contribution in [0.3, 0.4) is 0 Å². The SMILES string of the molecule is COCCCNC(=O)[C@H](C)N1CCC[C@@H]1[C@H]1CCCN1C(C)=O. The number of nitrogens with one attached hydrogen (secondary N) is 1. The fourth-order valence-corrected chi connectivity index (χ4v) is 4.02. The molecule has 2 heterocycles. The lowest BCUT2D eigenvalue weighted by Crippen LogP contribution is -2.54. The van der Waals surface area contributed by atoms with Crippen LogP contribution in [0, 0.1) is 0 Å². The van der Waals surface area contributed by atoms with E-state index in [0.717, 1.165) is 45.2 Å². The van der Waals surface area contributed by atoms with Gasteiger partial charge in [-0.05, 0) is 45.6 Å². The summed E-state index contributed by atoms with van der Waals surface area (Å²) in [6.07, 6.45) is 5.15. The molecule has 0 bridgehead atoms. The summed E-state index contributed by atoms with van der Waals surface area (Å²) < 4.78 is 5.00. The molecule has 2 aliphatic rings. The zero-order chi connectivity index (χ0) is 16.8. The van der Waals surface area contributed by atoms with Crippen molar-refractivity contribution in [1.29, 1.82) is 0 Å². The summed E-state index contributed by atoms with van der Waals surface area (Å²) in [5, 5.41) is 3.00. The minimum absolute atomic E-state index is 0.0837. The van der Waals surface area contributed by atoms with E-state index in [0.29, 0.717) is 19.2 Å². The molecule has 2 amide bonds. The Morgan fingerprint density at radius 1 is 1.22 bits per heavy atom. The van der Waals surface area contributed by atoms with Crippen molar-refractivity contribution < 1.29 is 14.3 Å². The molecule has 23 heavy (non-hydrogen) atoms. The van der Waals surface area contributed by atoms with Crippen LogP contribution in [0.2, 0.25) is 0 Å². The quantitative estimate of drug-likeness (QED) is 0.710. The van der Waals surface area contributed by atoms with Gasteiger partial charge in [0.05, 0.1) is 6.04 Å². The lowest BCUT2D eigenvalue weighted by atomic mass is 10.0. The minimum atomic E-state index is -0.139. The second-order valence-corrected chi connectivity index (χ2v) is 6.68. The van der Waals surface area contributed by atoms with Crippen molar-refractivity contribution in [3.8, 4) is 0 Å². The normalized spacial score (nSPS) is 26.5. The molecule has 0 aliphatic carbocycles. The Bertz CT molecular complexity index is 416. The highest BCUT2D eigenvalue weighted by molar-refractivity contribution is 5.81. The van der Waals surface area contributed by atoms with E-state index in [1.807, 2.05) is 11.8 Å². The first kappa shape index (κ1) is 18.2. The van der Waals surface area contributed by atoms with Gasteiger partial charge in [-0.25, -0.2) is 0 Å². The summed E-state index contributed by atoms with van der Waals surface area (Å²) in [7, 11) is 1.67. The Kier molecular flexibility index (Phi) is 6.84. The second kappa shape index (κ2) is 8.64. The third-order valence-electron chi connectivity index (χ3n) is 5.19. The van der Waals surface area contributed by atoms with Gasteiger partial charge >= 0.3 is 0 Å². The highest BCUT2D eigenvalue weighted by Crippen LogP contribution is 2.31. The molecular weight excluding hydrogens is 294 g/mol. The standard InChI is InChI=1S/C17H31N3O3/c1-13(17(22)18-9-6-12-23-3)19-10-4-7-15(19)16-8-5-11-20(16)14(2)21/h13,15-16H,4-12H2,1-3H3,(H,18,22)/t13-,15+,16+/m0/s1. The highest BCUT2D eigenvalue weighted by atomic mass is 16.5. The van der Waals surface area contributed by atoms with Gasteiger partial charge in [0.15, 0.2) is 0 Å². The van der Waals surface area contributed by atoms with Gasteiger partial charge in [0, 0.05) is 45.8 Å². The van der Waals surface area contributed by atoms with Gasteiger partial charge in [-0.15, -0.1) is 0 Å². The lowest BCUT2D eigenvalue weighted by molar-refractivity contribution is -0.131. The average Bonchev–Trinajstić information content (AvgIpc) is 3.18. The smallest absolute Gasteiger partial charge is 0.237 e. The van der Waals surface area contributed by atoms with Crippen LogP contribution in [-0.4, -0.2) is 73.1 Å². The van der Waals surface area contributed by atoms with Crippen LogP contribution in [0.1, 0.15) is 46.0 Å². The van der Waals surface area contributed by atoms with Gasteiger partial charge in [0.2, 0.25) is 11.8 Å². The molecule has 0 aromatic heterocycles. The highest BCUT2D eigenvalue weighted by Gasteiger charge is 2.41. The number of ether oxygens (including phenoxy) is 1. The van der Waals surface area contributed by atoms with Gasteiger partial charge in [-0.2, -0.15) is 0 Å². The molecule has 2 aliphatic heterocycles. The number of hydrogen-bond acceptors (Lipinski definition) is 4. The zero-order valence-electron chi connectivity index (χ0n) is 14.7. The number of methoxy groups -OCH3 is 1. The second-order valence-electron chi connectivity index (χ2n) is 6.68. The molecular formula is C17H31N3O3. The lowest BCUT2D eigenvalue weighted by Gasteiger charge is -2.37. The molecule has 3 atom stereocenters. The van der Waals surface area contributed by atoms with E-state index in [-0.39, 0.29) is 23.9 Å². The summed E-state index contributed by atoms with van der Waals surface area (Å²) in [6.45, 7) is 6.76. The monoisotopic (exact) mass is 325 g/mol. The molecule has 2 saturated heterocycles. The van der Waals surface area contributed by atoms with Crippen molar-refractivity contribution in [3.63, 3.8) is 0 Å². The Balaban J connectivity index is 1.92. The third-order valence-corrected chi connectivity index (χ3v) is 5.19. The Morgan fingerprint density at radius 2 is 1.91 bits per heavy atom. The minimum Gasteiger partial charge on any atom is -0.385 e. The number of carbonyl (C=O) groups is 2. The van der Waals surface area contributed by atoms with Gasteiger partial charge in [0.1, 0.15) is 0 Å². The predicted molar refractivity (Wildman–Crippen MR) is 89.1 cm³/mol. The van der Waals surface area contributed by atoms with Crippen molar-refractivity contribution in [3.05, 3.63) is 0 Å². The fourth-order valence-electron chi connectivity index (χ4n) is 4.02. The fraction of sp³-hybridized carbons (Fsp3) is 0.882. The first-order valence-electron chi connectivity index (χ1n) is 8.86. The van der Waals surface area contributed by atoms with E-state index in [4.69, 9.17) is 4.74 Å². The maximum atomic E-state index is 12.4. The molecule has 132 valence electrons. The molecule has 0 spiro atoms. The average molecular weight is 325 g/mol. The number of carbonyl (C=O) groups excluding carboxylic acids is 2. The molecule has 2 rings (SSSR count). The van der Waals surface area contributed by atoms with E-state index in [9.17, 15) is 9.59 Å². The summed E-state index contributed by atoms with van der Waals surface area (Å²) in [5.41, 5.74) is 0. The van der Waals surface area contributed by atoms with Crippen LogP contribution in [-0.2, 0) is 14.3 Å². The van der Waals surface area contributed by atoms with Crippen LogP contribution >= 0.6 is 0 Å². The van der Waals surface area contributed by atoms with Crippen LogP contribution in [0.15, 0.2) is 0 Å². The molecule has 0 unspecified atom stereocenters. The molecule has 0 aromatic carbocycles. The molecule has 0 saturated carbocycles. The van der Waals surface area contributed by atoms with E-state index in [2.05, 4.69) is 10.2 Å². The molecule has 2 fully saturated rings. The number of likely N-dealkylation sites (tertiary alicyclic amines) is 2. The molecule has 6 nitrogen and oxygen atoms in total. The topological polar surface area (TPSA) is 61.9 Å². The summed E-state index contributed by atoms with van der Waals surface area (Å²) >= 11 is 0. The molecule has 1 N–H and O–H groups in total. The first-order valence-corrected chi connectivity index (χ1v) is 8.86. The number of rotatable bonds is 7. The maximum absolute atomic E-state index is 12.4. The van der Waals surface area contributed by atoms with Gasteiger partial charge in [-0.1, -0.05) is 0 Å². The van der Waals surface area contributed by atoms with Crippen LogP contribution in [0.25, 0.3) is 0 Å². The molecule has 6 heteroatoms. The van der Waals surface area contributed by atoms with Gasteiger partial charge < -0.3 is 15.0 Å². The number of nitrogens with zero attached hydrogens (tertiary/aromatic N) is 2. The summed E-state index contributed by atoms with van der Waals surface area (Å²) in [4.78, 5) is 28.5. The van der Waals surface area contributed by atoms with Crippen molar-refractivity contribution in [2.45, 2.75) is 64.1 Å². The summed E-state index contributed by atoms with van der Waals surface area (Å²) in [5.74, 6) is 0.247. The van der Waals surface area contributed by atoms with Crippen molar-refractivity contribution in [2.75, 3.05) is 33.4 Å². The maximum Gasteiger partial charge on any atom is 0.237 e. The van der Waals surface area contributed by atoms with E-state index >= 15 is 0 Å². The van der Waals surface area contributed by atoms with E-state index in [1.165, 1.54) is 0 Å². The van der Waals surface area contributed by atoms with Gasteiger partial charge in [-0.3, -0.25) is 14.5 Å². The van der Waals surface area contributed by atoms with Crippen LogP contribution in [0.5, 0.6) is 0 Å².